The van der Waals surface area contributed by atoms with Crippen LogP contribution in [-0.4, -0.2) is 26.7 Å². The number of nitriles is 1. The number of thiophene rings is 1. The van der Waals surface area contributed by atoms with Crippen LogP contribution in [0.4, 0.5) is 0 Å². The van der Waals surface area contributed by atoms with Crippen LogP contribution in [-0.2, 0) is 17.6 Å². The van der Waals surface area contributed by atoms with Crippen LogP contribution in [0, 0.1) is 24.2 Å². The van der Waals surface area contributed by atoms with Crippen LogP contribution in [0.15, 0.2) is 5.03 Å². The Morgan fingerprint density at radius 3 is 2.73 bits per heavy atom. The van der Waals surface area contributed by atoms with Crippen molar-refractivity contribution >= 4 is 39.2 Å². The minimum atomic E-state index is -0.869. The van der Waals surface area contributed by atoms with E-state index in [1.807, 2.05) is 27.7 Å². The third-order valence-corrected chi connectivity index (χ3v) is 7.34. The number of rotatable bonds is 5. The molecule has 138 valence electrons. The maximum atomic E-state index is 12.7. The summed E-state index contributed by atoms with van der Waals surface area (Å²) in [5.74, 6) is 0.627. The van der Waals surface area contributed by atoms with E-state index in [2.05, 4.69) is 21.4 Å². The minimum Gasteiger partial charge on any atom is -0.337 e. The molecule has 26 heavy (non-hydrogen) atoms. The number of carbonyl (C=O) groups excluding carboxylic acids is 1. The molecule has 1 amide bonds. The van der Waals surface area contributed by atoms with Crippen molar-refractivity contribution < 1.29 is 4.79 Å². The highest BCUT2D eigenvalue weighted by atomic mass is 32.2. The molecule has 0 unspecified atom stereocenters. The fourth-order valence-corrected chi connectivity index (χ4v) is 5.42. The number of thioether (sulfide) groups is 1. The quantitative estimate of drug-likeness (QED) is 0.618. The van der Waals surface area contributed by atoms with Gasteiger partial charge in [0.25, 0.3) is 0 Å². The van der Waals surface area contributed by atoms with Crippen molar-refractivity contribution in [2.45, 2.75) is 69.7 Å². The van der Waals surface area contributed by atoms with Gasteiger partial charge in [-0.15, -0.1) is 11.3 Å². The van der Waals surface area contributed by atoms with Crippen LogP contribution in [0.2, 0.25) is 0 Å². The Labute approximate surface area is 162 Å². The Hall–Kier alpha value is -1.65. The molecule has 1 aliphatic rings. The monoisotopic (exact) mass is 388 g/mol. The molecule has 2 heterocycles. The first-order valence-electron chi connectivity index (χ1n) is 8.94. The predicted octanol–water partition coefficient (Wildman–Crippen LogP) is 4.02. The summed E-state index contributed by atoms with van der Waals surface area (Å²) in [4.78, 5) is 24.4. The second-order valence-electron chi connectivity index (χ2n) is 7.33. The highest BCUT2D eigenvalue weighted by molar-refractivity contribution is 8.00. The number of hydrogen-bond acceptors (Lipinski definition) is 6. The van der Waals surface area contributed by atoms with Gasteiger partial charge < -0.3 is 5.32 Å². The third kappa shape index (κ3) is 3.45. The summed E-state index contributed by atoms with van der Waals surface area (Å²) in [7, 11) is 0. The summed E-state index contributed by atoms with van der Waals surface area (Å²) in [5.41, 5.74) is 0.496. The number of aromatic nitrogens is 2. The third-order valence-electron chi connectivity index (χ3n) is 5.07. The van der Waals surface area contributed by atoms with Crippen molar-refractivity contribution in [3.8, 4) is 6.07 Å². The summed E-state index contributed by atoms with van der Waals surface area (Å²) in [6.07, 6.45) is 3.36. The number of hydrogen-bond donors (Lipinski definition) is 1. The van der Waals surface area contributed by atoms with E-state index in [4.69, 9.17) is 0 Å². The van der Waals surface area contributed by atoms with Gasteiger partial charge in [-0.2, -0.15) is 5.26 Å². The second kappa shape index (κ2) is 7.16. The maximum absolute atomic E-state index is 12.7. The number of amides is 1. The molecule has 0 saturated heterocycles. The Bertz CT molecular complexity index is 899. The van der Waals surface area contributed by atoms with Gasteiger partial charge in [0, 0.05) is 10.3 Å². The fraction of sp³-hybridized carbons (Fsp3) is 0.579. The molecule has 0 radical (unpaired) electrons. The molecule has 5 nitrogen and oxygen atoms in total. The summed E-state index contributed by atoms with van der Waals surface area (Å²) in [6.45, 7) is 9.41. The van der Waals surface area contributed by atoms with E-state index in [0.29, 0.717) is 0 Å². The van der Waals surface area contributed by atoms with Crippen molar-refractivity contribution in [1.82, 2.24) is 15.3 Å². The van der Waals surface area contributed by atoms with Gasteiger partial charge in [-0.25, -0.2) is 9.97 Å². The van der Waals surface area contributed by atoms with Crippen LogP contribution in [0.5, 0.6) is 0 Å². The van der Waals surface area contributed by atoms with Crippen molar-refractivity contribution in [2.75, 3.05) is 0 Å². The molecule has 7 heteroatoms. The lowest BCUT2D eigenvalue weighted by atomic mass is 9.90. The molecule has 1 aliphatic carbocycles. The molecule has 2 aromatic heterocycles. The molecule has 1 N–H and O–H groups in total. The molecule has 0 aromatic carbocycles. The van der Waals surface area contributed by atoms with Crippen molar-refractivity contribution in [3.05, 3.63) is 16.3 Å². The summed E-state index contributed by atoms with van der Waals surface area (Å²) >= 11 is 3.22. The van der Waals surface area contributed by atoms with E-state index in [1.54, 1.807) is 18.3 Å². The van der Waals surface area contributed by atoms with E-state index < -0.39 is 5.54 Å². The number of fused-ring (bicyclic) bond motifs is 3. The Morgan fingerprint density at radius 2 is 2.08 bits per heavy atom. The molecular formula is C19H24N4OS2. The Kier molecular flexibility index (Phi) is 5.27. The van der Waals surface area contributed by atoms with Crippen molar-refractivity contribution in [3.63, 3.8) is 0 Å². The highest BCUT2D eigenvalue weighted by Crippen LogP contribution is 2.41. The minimum absolute atomic E-state index is 0.0294. The molecule has 0 spiro atoms. The van der Waals surface area contributed by atoms with Gasteiger partial charge in [-0.3, -0.25) is 4.79 Å². The van der Waals surface area contributed by atoms with Crippen LogP contribution in [0.25, 0.3) is 10.2 Å². The van der Waals surface area contributed by atoms with Gasteiger partial charge >= 0.3 is 0 Å². The first kappa shape index (κ1) is 19.1. The lowest BCUT2D eigenvalue weighted by Gasteiger charge is -2.28. The Morgan fingerprint density at radius 1 is 1.35 bits per heavy atom. The zero-order chi connectivity index (χ0) is 19.1. The molecule has 3 rings (SSSR count). The topological polar surface area (TPSA) is 78.7 Å². The van der Waals surface area contributed by atoms with Gasteiger partial charge in [0.05, 0.1) is 11.3 Å². The Balaban J connectivity index is 1.87. The van der Waals surface area contributed by atoms with E-state index >= 15 is 0 Å². The molecule has 2 aromatic rings. The molecule has 0 aliphatic heterocycles. The van der Waals surface area contributed by atoms with Crippen LogP contribution >= 0.6 is 23.1 Å². The summed E-state index contributed by atoms with van der Waals surface area (Å²) < 4.78 is 0. The molecule has 2 atom stereocenters. The number of nitrogens with zero attached hydrogens (tertiary/aromatic N) is 3. The first-order valence-corrected chi connectivity index (χ1v) is 10.6. The first-order chi connectivity index (χ1) is 12.2. The summed E-state index contributed by atoms with van der Waals surface area (Å²) in [6, 6.07) is 2.23. The fourth-order valence-electron chi connectivity index (χ4n) is 3.03. The number of aryl methyl sites for hydroxylation is 3. The van der Waals surface area contributed by atoms with Gasteiger partial charge in [-0.1, -0.05) is 25.6 Å². The second-order valence-corrected chi connectivity index (χ2v) is 9.74. The van der Waals surface area contributed by atoms with E-state index in [0.717, 1.165) is 33.9 Å². The summed E-state index contributed by atoms with van der Waals surface area (Å²) in [5, 5.41) is 14.0. The molecular weight excluding hydrogens is 364 g/mol. The zero-order valence-corrected chi connectivity index (χ0v) is 17.5. The largest absolute Gasteiger partial charge is 0.337 e. The lowest BCUT2D eigenvalue weighted by Crippen LogP contribution is -2.51. The predicted molar refractivity (Wildman–Crippen MR) is 106 cm³/mol. The molecule has 0 bridgehead atoms. The highest BCUT2D eigenvalue weighted by Gasteiger charge is 2.32. The standard InChI is InChI=1S/C19H24N4OS2/c1-10(2)19(5,9-20)23-16(24)11(3)25-17-15-13-7-6-8-14(13)26-18(15)22-12(4)21-17/h10-11H,6-8H2,1-5H3,(H,23,24)/t11-,19+/m0/s1. The van der Waals surface area contributed by atoms with E-state index in [9.17, 15) is 10.1 Å². The van der Waals surface area contributed by atoms with Gasteiger partial charge in [0.2, 0.25) is 5.91 Å². The van der Waals surface area contributed by atoms with Crippen molar-refractivity contribution in [2.24, 2.45) is 5.92 Å². The van der Waals surface area contributed by atoms with Gasteiger partial charge in [0.1, 0.15) is 21.2 Å². The van der Waals surface area contributed by atoms with E-state index in [-0.39, 0.29) is 17.1 Å². The average Bonchev–Trinajstić information content (AvgIpc) is 3.14. The SMILES string of the molecule is Cc1nc(S[C@@H](C)C(=O)N[C@](C)(C#N)C(C)C)c2c3c(sc2n1)CCC3. The van der Waals surface area contributed by atoms with Gasteiger partial charge in [0.15, 0.2) is 0 Å². The smallest absolute Gasteiger partial charge is 0.234 e. The van der Waals surface area contributed by atoms with Crippen LogP contribution in [0.3, 0.4) is 0 Å². The average molecular weight is 389 g/mol. The zero-order valence-electron chi connectivity index (χ0n) is 15.8. The van der Waals surface area contributed by atoms with E-state index in [1.165, 1.54) is 28.6 Å². The number of carbonyl (C=O) groups is 1. The van der Waals surface area contributed by atoms with Crippen LogP contribution < -0.4 is 5.32 Å². The number of nitrogens with one attached hydrogen (secondary N) is 1. The van der Waals surface area contributed by atoms with Gasteiger partial charge in [-0.05, 0) is 51.5 Å². The molecule has 0 fully saturated rings. The van der Waals surface area contributed by atoms with Crippen molar-refractivity contribution in [1.29, 1.82) is 5.26 Å². The molecule has 0 saturated carbocycles. The maximum Gasteiger partial charge on any atom is 0.234 e. The van der Waals surface area contributed by atoms with Crippen LogP contribution in [0.1, 0.15) is 50.4 Å². The lowest BCUT2D eigenvalue weighted by molar-refractivity contribution is -0.121. The normalized spacial score (nSPS) is 17.0.